The molecule has 174 valence electrons. The number of para-hydroxylation sites is 1. The molecule has 0 amide bonds. The zero-order chi connectivity index (χ0) is 23.6. The standard InChI is InChI=1S/C20H27N5O5S2/c1-6-14(16-10-13(11-30-16)12(2)3)21-19-20(24-31(27)23-19)22-15-8-7-9-17(18(15)26)32(28,29)25(4)5/h7-12,14,26H,6H2,1-5H3,(H,21,23)(H,22,24)/t14-,31?/m1/s1. The van der Waals surface area contributed by atoms with Gasteiger partial charge >= 0.3 is 0 Å². The molecule has 2 atom stereocenters. The monoisotopic (exact) mass is 481 g/mol. The van der Waals surface area contributed by atoms with Crippen molar-refractivity contribution < 1.29 is 22.2 Å². The van der Waals surface area contributed by atoms with Crippen LogP contribution in [0.15, 0.2) is 48.6 Å². The van der Waals surface area contributed by atoms with Crippen molar-refractivity contribution in [3.8, 4) is 5.75 Å². The summed E-state index contributed by atoms with van der Waals surface area (Å²) in [5.41, 5.74) is 1.15. The lowest BCUT2D eigenvalue weighted by Crippen LogP contribution is -2.36. The number of anilines is 1. The molecule has 0 spiro atoms. The van der Waals surface area contributed by atoms with Crippen LogP contribution in [-0.2, 0) is 21.2 Å². The fraction of sp³-hybridized carbons (Fsp3) is 0.400. The van der Waals surface area contributed by atoms with Crippen LogP contribution in [0.1, 0.15) is 50.5 Å². The molecule has 1 unspecified atom stereocenters. The van der Waals surface area contributed by atoms with Crippen LogP contribution in [-0.4, -0.2) is 47.8 Å². The highest BCUT2D eigenvalue weighted by Gasteiger charge is 2.27. The second kappa shape index (κ2) is 9.43. The van der Waals surface area contributed by atoms with E-state index in [1.54, 1.807) is 6.26 Å². The minimum absolute atomic E-state index is 0.0909. The van der Waals surface area contributed by atoms with Gasteiger partial charge in [-0.25, -0.2) is 16.9 Å². The molecular weight excluding hydrogens is 454 g/mol. The fourth-order valence-electron chi connectivity index (χ4n) is 2.99. The van der Waals surface area contributed by atoms with Crippen LogP contribution < -0.4 is 10.6 Å². The maximum absolute atomic E-state index is 12.5. The van der Waals surface area contributed by atoms with E-state index in [0.29, 0.717) is 18.1 Å². The van der Waals surface area contributed by atoms with E-state index < -0.39 is 26.9 Å². The number of sulfonamides is 1. The molecule has 0 radical (unpaired) electrons. The van der Waals surface area contributed by atoms with Gasteiger partial charge in [-0.3, -0.25) is 0 Å². The summed E-state index contributed by atoms with van der Waals surface area (Å²) in [5, 5.41) is 16.6. The average Bonchev–Trinajstić information content (AvgIpc) is 3.34. The summed E-state index contributed by atoms with van der Waals surface area (Å²) in [7, 11) is -1.12. The van der Waals surface area contributed by atoms with Gasteiger partial charge in [0.05, 0.1) is 18.0 Å². The largest absolute Gasteiger partial charge is 0.504 e. The van der Waals surface area contributed by atoms with Crippen LogP contribution in [0.3, 0.4) is 0 Å². The molecule has 32 heavy (non-hydrogen) atoms. The Bertz CT molecular complexity index is 1180. The first-order valence-corrected chi connectivity index (χ1v) is 12.5. The van der Waals surface area contributed by atoms with Crippen molar-refractivity contribution in [3.05, 3.63) is 41.9 Å². The second-order valence-corrected chi connectivity index (χ2v) is 10.7. The molecule has 12 heteroatoms. The molecule has 0 fully saturated rings. The van der Waals surface area contributed by atoms with Crippen molar-refractivity contribution in [2.45, 2.75) is 44.0 Å². The molecule has 0 aliphatic carbocycles. The first-order chi connectivity index (χ1) is 15.0. The number of hydrogen-bond donors (Lipinski definition) is 3. The van der Waals surface area contributed by atoms with Crippen LogP contribution >= 0.6 is 0 Å². The van der Waals surface area contributed by atoms with Gasteiger partial charge in [0.1, 0.15) is 10.7 Å². The van der Waals surface area contributed by atoms with Crippen molar-refractivity contribution in [2.24, 2.45) is 8.80 Å². The summed E-state index contributed by atoms with van der Waals surface area (Å²) in [4.78, 5) is -0.262. The lowest BCUT2D eigenvalue weighted by atomic mass is 10.1. The Morgan fingerprint density at radius 2 is 1.91 bits per heavy atom. The second-order valence-electron chi connectivity index (χ2n) is 7.72. The van der Waals surface area contributed by atoms with Crippen molar-refractivity contribution in [1.29, 1.82) is 0 Å². The first-order valence-electron chi connectivity index (χ1n) is 10.0. The van der Waals surface area contributed by atoms with Gasteiger partial charge in [0, 0.05) is 14.1 Å². The number of phenolic OH excluding ortho intramolecular Hbond substituents is 1. The third-order valence-corrected chi connectivity index (χ3v) is 7.47. The van der Waals surface area contributed by atoms with Gasteiger partial charge in [0.15, 0.2) is 17.4 Å². The van der Waals surface area contributed by atoms with E-state index in [0.717, 1.165) is 9.87 Å². The number of phenols is 1. The van der Waals surface area contributed by atoms with Crippen molar-refractivity contribution in [2.75, 3.05) is 19.4 Å². The Hall–Kier alpha value is -2.70. The summed E-state index contributed by atoms with van der Waals surface area (Å²) in [6, 6.07) is 5.99. The Kier molecular flexibility index (Phi) is 7.06. The van der Waals surface area contributed by atoms with Gasteiger partial charge in [-0.05, 0) is 36.1 Å². The number of rotatable bonds is 7. The molecule has 0 saturated heterocycles. The third kappa shape index (κ3) is 4.87. The van der Waals surface area contributed by atoms with E-state index in [-0.39, 0.29) is 28.3 Å². The number of furan rings is 1. The number of nitrogens with one attached hydrogen (secondary N) is 2. The first kappa shape index (κ1) is 24.0. The SMILES string of the molecule is CC[C@@H](NC1=NS(=O)N=C1Nc1cccc(S(=O)(=O)N(C)C)c1O)c1cc(C(C)C)co1. The minimum atomic E-state index is -3.87. The average molecular weight is 482 g/mol. The molecule has 2 aromatic rings. The van der Waals surface area contributed by atoms with Gasteiger partial charge in [0.25, 0.3) is 11.2 Å². The number of nitrogens with zero attached hydrogens (tertiary/aromatic N) is 3. The highest BCUT2D eigenvalue weighted by Crippen LogP contribution is 2.33. The lowest BCUT2D eigenvalue weighted by molar-refractivity contribution is 0.439. The van der Waals surface area contributed by atoms with E-state index >= 15 is 0 Å². The molecule has 1 aromatic carbocycles. The normalized spacial score (nSPS) is 17.4. The summed E-state index contributed by atoms with van der Waals surface area (Å²) in [5.74, 6) is 0.886. The molecule has 1 aromatic heterocycles. The maximum atomic E-state index is 12.5. The van der Waals surface area contributed by atoms with Gasteiger partial charge < -0.3 is 20.2 Å². The molecule has 0 bridgehead atoms. The summed E-state index contributed by atoms with van der Waals surface area (Å²) >= 11 is -1.86. The Morgan fingerprint density at radius 1 is 1.22 bits per heavy atom. The maximum Gasteiger partial charge on any atom is 0.269 e. The van der Waals surface area contributed by atoms with Crippen LogP contribution in [0.4, 0.5) is 5.69 Å². The molecular formula is C20H27N5O5S2. The highest BCUT2D eigenvalue weighted by atomic mass is 32.2. The predicted octanol–water partition coefficient (Wildman–Crippen LogP) is 2.90. The van der Waals surface area contributed by atoms with Gasteiger partial charge in [0.2, 0.25) is 10.0 Å². The zero-order valence-electron chi connectivity index (χ0n) is 18.5. The predicted molar refractivity (Wildman–Crippen MR) is 125 cm³/mol. The molecule has 10 nitrogen and oxygen atoms in total. The van der Waals surface area contributed by atoms with Crippen molar-refractivity contribution >= 4 is 38.6 Å². The van der Waals surface area contributed by atoms with E-state index in [1.165, 1.54) is 32.3 Å². The fourth-order valence-corrected chi connectivity index (χ4v) is 4.61. The number of amidine groups is 2. The van der Waals surface area contributed by atoms with Crippen LogP contribution in [0.5, 0.6) is 5.75 Å². The number of benzene rings is 1. The van der Waals surface area contributed by atoms with E-state index in [2.05, 4.69) is 33.3 Å². The zero-order valence-corrected chi connectivity index (χ0v) is 20.1. The summed E-state index contributed by atoms with van der Waals surface area (Å²) in [6.07, 6.45) is 2.37. The quantitative estimate of drug-likeness (QED) is 0.517. The van der Waals surface area contributed by atoms with Crippen molar-refractivity contribution in [1.82, 2.24) is 9.62 Å². The molecule has 3 N–H and O–H groups in total. The van der Waals surface area contributed by atoms with Crippen molar-refractivity contribution in [3.63, 3.8) is 0 Å². The Morgan fingerprint density at radius 3 is 2.50 bits per heavy atom. The third-order valence-electron chi connectivity index (χ3n) is 4.94. The number of aromatic hydroxyl groups is 1. The Labute approximate surface area is 190 Å². The molecule has 1 aliphatic heterocycles. The van der Waals surface area contributed by atoms with Gasteiger partial charge in [-0.1, -0.05) is 26.8 Å². The summed E-state index contributed by atoms with van der Waals surface area (Å²) < 4.78 is 51.6. The molecule has 0 saturated carbocycles. The molecule has 1 aliphatic rings. The smallest absolute Gasteiger partial charge is 0.269 e. The van der Waals surface area contributed by atoms with E-state index in [1.807, 2.05) is 13.0 Å². The molecule has 3 rings (SSSR count). The van der Waals surface area contributed by atoms with Crippen LogP contribution in [0, 0.1) is 0 Å². The number of hydrogen-bond acceptors (Lipinski definition) is 7. The molecule has 2 heterocycles. The lowest BCUT2D eigenvalue weighted by Gasteiger charge is -2.18. The van der Waals surface area contributed by atoms with Crippen LogP contribution in [0.2, 0.25) is 0 Å². The summed E-state index contributed by atoms with van der Waals surface area (Å²) in [6.45, 7) is 6.10. The van der Waals surface area contributed by atoms with Crippen LogP contribution in [0.25, 0.3) is 0 Å². The highest BCUT2D eigenvalue weighted by molar-refractivity contribution is 7.89. The van der Waals surface area contributed by atoms with Gasteiger partial charge in [-0.2, -0.15) is 0 Å². The van der Waals surface area contributed by atoms with E-state index in [4.69, 9.17) is 4.42 Å². The topological polar surface area (TPSA) is 137 Å². The van der Waals surface area contributed by atoms with Gasteiger partial charge in [-0.15, -0.1) is 8.80 Å². The Balaban J connectivity index is 1.85. The van der Waals surface area contributed by atoms with E-state index in [9.17, 15) is 17.7 Å². The minimum Gasteiger partial charge on any atom is -0.504 e.